The molecule has 1 saturated heterocycles. The molecule has 1 aliphatic heterocycles. The van der Waals surface area contributed by atoms with E-state index in [4.69, 9.17) is 4.74 Å². The molecule has 5 heteroatoms. The largest absolute Gasteiger partial charge is 0.491 e. The van der Waals surface area contributed by atoms with E-state index in [9.17, 15) is 5.11 Å². The summed E-state index contributed by atoms with van der Waals surface area (Å²) in [6.07, 6.45) is 0.651. The molecular formula is C16H25BrN2O2. The number of hydrogen-bond acceptors (Lipinski definition) is 4. The molecule has 0 spiro atoms. The number of aliphatic hydroxyl groups excluding tert-OH is 1. The Morgan fingerprint density at radius 2 is 2.14 bits per heavy atom. The maximum absolute atomic E-state index is 10.0. The summed E-state index contributed by atoms with van der Waals surface area (Å²) < 4.78 is 6.61. The average molecular weight is 357 g/mol. The molecule has 1 fully saturated rings. The van der Waals surface area contributed by atoms with Gasteiger partial charge in [-0.1, -0.05) is 22.9 Å². The molecule has 21 heavy (non-hydrogen) atoms. The average Bonchev–Trinajstić information content (AvgIpc) is 2.46. The van der Waals surface area contributed by atoms with Crippen molar-refractivity contribution in [1.82, 2.24) is 10.2 Å². The summed E-state index contributed by atoms with van der Waals surface area (Å²) in [6.45, 7) is 5.39. The van der Waals surface area contributed by atoms with Crippen molar-refractivity contribution >= 4 is 15.9 Å². The van der Waals surface area contributed by atoms with Gasteiger partial charge in [-0.05, 0) is 50.2 Å². The molecule has 1 aromatic rings. The second-order valence-electron chi connectivity index (χ2n) is 5.96. The van der Waals surface area contributed by atoms with E-state index in [1.807, 2.05) is 24.3 Å². The van der Waals surface area contributed by atoms with Gasteiger partial charge in [-0.2, -0.15) is 0 Å². The summed E-state index contributed by atoms with van der Waals surface area (Å²) in [7, 11) is 2.16. The quantitative estimate of drug-likeness (QED) is 0.819. The first-order chi connectivity index (χ1) is 10.0. The summed E-state index contributed by atoms with van der Waals surface area (Å²) in [5.74, 6) is 1.40. The fourth-order valence-corrected chi connectivity index (χ4v) is 2.99. The van der Waals surface area contributed by atoms with E-state index >= 15 is 0 Å². The van der Waals surface area contributed by atoms with Gasteiger partial charge in [0.15, 0.2) is 0 Å². The lowest BCUT2D eigenvalue weighted by Gasteiger charge is -2.35. The Bertz CT molecular complexity index is 427. The number of hydrogen-bond donors (Lipinski definition) is 2. The molecule has 118 valence electrons. The van der Waals surface area contributed by atoms with Crippen molar-refractivity contribution in [3.63, 3.8) is 0 Å². The van der Waals surface area contributed by atoms with E-state index in [0.29, 0.717) is 25.1 Å². The summed E-state index contributed by atoms with van der Waals surface area (Å²) in [5, 5.41) is 13.5. The third-order valence-electron chi connectivity index (χ3n) is 3.98. The minimum Gasteiger partial charge on any atom is -0.491 e. The molecule has 1 aliphatic rings. The number of benzene rings is 1. The van der Waals surface area contributed by atoms with Crippen molar-refractivity contribution in [2.75, 3.05) is 33.3 Å². The van der Waals surface area contributed by atoms with Crippen LogP contribution in [0.3, 0.4) is 0 Å². The summed E-state index contributed by atoms with van der Waals surface area (Å²) in [5.41, 5.74) is 0. The Balaban J connectivity index is 1.67. The lowest BCUT2D eigenvalue weighted by molar-refractivity contribution is 0.0933. The molecule has 1 aromatic carbocycles. The van der Waals surface area contributed by atoms with Gasteiger partial charge in [-0.15, -0.1) is 0 Å². The first kappa shape index (κ1) is 16.7. The van der Waals surface area contributed by atoms with Crippen LogP contribution < -0.4 is 10.1 Å². The van der Waals surface area contributed by atoms with Gasteiger partial charge >= 0.3 is 0 Å². The molecule has 0 bridgehead atoms. The Kier molecular flexibility index (Phi) is 6.48. The fraction of sp³-hybridized carbons (Fsp3) is 0.625. The van der Waals surface area contributed by atoms with Crippen molar-refractivity contribution in [3.8, 4) is 5.75 Å². The van der Waals surface area contributed by atoms with Crippen LogP contribution in [0.2, 0.25) is 0 Å². The standard InChI is InChI=1S/C16H25BrN2O2/c1-12-10-19(2)8-7-16(12)18-9-14(20)11-21-15-5-3-13(17)4-6-15/h3-6,12,14,16,18,20H,7-11H2,1-2H3. The number of rotatable bonds is 6. The topological polar surface area (TPSA) is 44.7 Å². The van der Waals surface area contributed by atoms with Gasteiger partial charge in [0.25, 0.3) is 0 Å². The molecular weight excluding hydrogens is 332 g/mol. The fourth-order valence-electron chi connectivity index (χ4n) is 2.73. The molecule has 3 unspecified atom stereocenters. The highest BCUT2D eigenvalue weighted by atomic mass is 79.9. The zero-order valence-corrected chi connectivity index (χ0v) is 14.3. The first-order valence-corrected chi connectivity index (χ1v) is 8.32. The van der Waals surface area contributed by atoms with Crippen LogP contribution in [-0.2, 0) is 0 Å². The van der Waals surface area contributed by atoms with Crippen molar-refractivity contribution < 1.29 is 9.84 Å². The van der Waals surface area contributed by atoms with Crippen LogP contribution in [0.4, 0.5) is 0 Å². The van der Waals surface area contributed by atoms with Gasteiger partial charge in [0.2, 0.25) is 0 Å². The third-order valence-corrected chi connectivity index (χ3v) is 4.51. The van der Waals surface area contributed by atoms with Crippen LogP contribution in [0.1, 0.15) is 13.3 Å². The molecule has 0 radical (unpaired) electrons. The second kappa shape index (κ2) is 8.13. The van der Waals surface area contributed by atoms with Crippen LogP contribution in [-0.4, -0.2) is 55.4 Å². The molecule has 0 aliphatic carbocycles. The summed E-state index contributed by atoms with van der Waals surface area (Å²) in [6, 6.07) is 8.14. The smallest absolute Gasteiger partial charge is 0.119 e. The number of piperidine rings is 1. The number of ether oxygens (including phenoxy) is 1. The number of halogens is 1. The van der Waals surface area contributed by atoms with Crippen molar-refractivity contribution in [2.24, 2.45) is 5.92 Å². The van der Waals surface area contributed by atoms with Crippen molar-refractivity contribution in [1.29, 1.82) is 0 Å². The van der Waals surface area contributed by atoms with Crippen molar-refractivity contribution in [2.45, 2.75) is 25.5 Å². The summed E-state index contributed by atoms with van der Waals surface area (Å²) in [4.78, 5) is 2.36. The first-order valence-electron chi connectivity index (χ1n) is 7.53. The highest BCUT2D eigenvalue weighted by Gasteiger charge is 2.24. The van der Waals surface area contributed by atoms with E-state index in [0.717, 1.165) is 29.7 Å². The second-order valence-corrected chi connectivity index (χ2v) is 6.88. The Hall–Kier alpha value is -0.620. The number of aliphatic hydroxyl groups is 1. The van der Waals surface area contributed by atoms with Crippen LogP contribution in [0.15, 0.2) is 28.7 Å². The zero-order valence-electron chi connectivity index (χ0n) is 12.8. The van der Waals surface area contributed by atoms with Crippen molar-refractivity contribution in [3.05, 3.63) is 28.7 Å². The maximum atomic E-state index is 10.0. The lowest BCUT2D eigenvalue weighted by atomic mass is 9.94. The van der Waals surface area contributed by atoms with Crippen LogP contribution in [0, 0.1) is 5.92 Å². The van der Waals surface area contributed by atoms with Gasteiger partial charge in [0.1, 0.15) is 18.5 Å². The molecule has 4 nitrogen and oxygen atoms in total. The van der Waals surface area contributed by atoms with Gasteiger partial charge in [0, 0.05) is 23.6 Å². The Morgan fingerprint density at radius 1 is 1.43 bits per heavy atom. The highest BCUT2D eigenvalue weighted by molar-refractivity contribution is 9.10. The van der Waals surface area contributed by atoms with Gasteiger partial charge in [-0.3, -0.25) is 0 Å². The SMILES string of the molecule is CC1CN(C)CCC1NCC(O)COc1ccc(Br)cc1. The monoisotopic (exact) mass is 356 g/mol. The molecule has 2 rings (SSSR count). The van der Waals surface area contributed by atoms with Crippen LogP contribution in [0.25, 0.3) is 0 Å². The Morgan fingerprint density at radius 3 is 2.81 bits per heavy atom. The molecule has 0 saturated carbocycles. The highest BCUT2D eigenvalue weighted by Crippen LogP contribution is 2.17. The van der Waals surface area contributed by atoms with Crippen LogP contribution in [0.5, 0.6) is 5.75 Å². The molecule has 3 atom stereocenters. The maximum Gasteiger partial charge on any atom is 0.119 e. The third kappa shape index (κ3) is 5.58. The van der Waals surface area contributed by atoms with E-state index in [1.165, 1.54) is 0 Å². The minimum atomic E-state index is -0.486. The number of nitrogens with one attached hydrogen (secondary N) is 1. The molecule has 0 amide bonds. The number of likely N-dealkylation sites (tertiary alicyclic amines) is 1. The van der Waals surface area contributed by atoms with Gasteiger partial charge in [-0.25, -0.2) is 0 Å². The van der Waals surface area contributed by atoms with Gasteiger partial charge in [0.05, 0.1) is 0 Å². The lowest BCUT2D eigenvalue weighted by Crippen LogP contribution is -2.49. The predicted molar refractivity (Wildman–Crippen MR) is 88.7 cm³/mol. The molecule has 1 heterocycles. The molecule has 0 aromatic heterocycles. The number of nitrogens with zero attached hydrogens (tertiary/aromatic N) is 1. The predicted octanol–water partition coefficient (Wildman–Crippen LogP) is 2.12. The van der Waals surface area contributed by atoms with E-state index in [2.05, 4.69) is 40.1 Å². The zero-order chi connectivity index (χ0) is 15.2. The Labute approximate surface area is 135 Å². The molecule has 2 N–H and O–H groups in total. The summed E-state index contributed by atoms with van der Waals surface area (Å²) >= 11 is 3.39. The minimum absolute atomic E-state index is 0.315. The normalized spacial score (nSPS) is 24.8. The van der Waals surface area contributed by atoms with Crippen LogP contribution >= 0.6 is 15.9 Å². The van der Waals surface area contributed by atoms with E-state index in [-0.39, 0.29) is 0 Å². The van der Waals surface area contributed by atoms with E-state index in [1.54, 1.807) is 0 Å². The van der Waals surface area contributed by atoms with Gasteiger partial charge < -0.3 is 20.1 Å². The van der Waals surface area contributed by atoms with E-state index < -0.39 is 6.10 Å².